The lowest BCUT2D eigenvalue weighted by molar-refractivity contribution is -0.150. The summed E-state index contributed by atoms with van der Waals surface area (Å²) in [6, 6.07) is -2.24. The number of hydrazine groups is 1. The second kappa shape index (κ2) is 11.7. The average molecular weight is 597 g/mol. The SMILES string of the molecule is CC1(C)C[C@@H](CN(NC(=O)[C@@H]2[C@H]3CCC[C@H]3CN2C(=O)[C@@H](NC(=O)[C@@H](F)Cl)C(C)(C)C)C(=O)[C@H](F)Cl)C(=O)N1. The monoisotopic (exact) mass is 595 g/mol. The number of amides is 5. The minimum Gasteiger partial charge on any atom is -0.351 e. The van der Waals surface area contributed by atoms with Crippen LogP contribution in [0.25, 0.3) is 0 Å². The van der Waals surface area contributed by atoms with Crippen molar-refractivity contribution >= 4 is 52.7 Å². The van der Waals surface area contributed by atoms with E-state index < -0.39 is 63.8 Å². The van der Waals surface area contributed by atoms with Crippen molar-refractivity contribution in [1.29, 1.82) is 0 Å². The number of carbonyl (C=O) groups is 5. The Hall–Kier alpha value is -2.21. The number of carbonyl (C=O) groups excluding carboxylic acids is 5. The number of rotatable bonds is 7. The molecule has 2 saturated heterocycles. The molecule has 1 saturated carbocycles. The van der Waals surface area contributed by atoms with Gasteiger partial charge in [-0.15, -0.1) is 0 Å². The third-order valence-corrected chi connectivity index (χ3v) is 8.11. The molecule has 0 aromatic carbocycles. The van der Waals surface area contributed by atoms with Gasteiger partial charge in [0.15, 0.2) is 0 Å². The topological polar surface area (TPSA) is 128 Å². The van der Waals surface area contributed by atoms with E-state index in [2.05, 4.69) is 16.1 Å². The van der Waals surface area contributed by atoms with Crippen LogP contribution < -0.4 is 16.1 Å². The first-order valence-electron chi connectivity index (χ1n) is 13.0. The zero-order valence-corrected chi connectivity index (χ0v) is 24.2. The Morgan fingerprint density at radius 2 is 1.79 bits per heavy atom. The number of nitrogens with one attached hydrogen (secondary N) is 3. The molecule has 0 aromatic heterocycles. The molecule has 2 aliphatic heterocycles. The van der Waals surface area contributed by atoms with E-state index in [0.29, 0.717) is 17.9 Å². The number of nitrogens with zero attached hydrogens (tertiary/aromatic N) is 2. The largest absolute Gasteiger partial charge is 0.351 e. The Balaban J connectivity index is 1.87. The quantitative estimate of drug-likeness (QED) is 0.306. The molecule has 3 aliphatic rings. The van der Waals surface area contributed by atoms with E-state index in [9.17, 15) is 32.8 Å². The average Bonchev–Trinajstić information content (AvgIpc) is 3.46. The van der Waals surface area contributed by atoms with Gasteiger partial charge >= 0.3 is 0 Å². The van der Waals surface area contributed by atoms with Gasteiger partial charge in [0.2, 0.25) is 11.8 Å². The van der Waals surface area contributed by atoms with Crippen LogP contribution in [0.1, 0.15) is 60.3 Å². The molecular weight excluding hydrogens is 559 g/mol. The van der Waals surface area contributed by atoms with Gasteiger partial charge in [-0.2, -0.15) is 0 Å². The first-order valence-corrected chi connectivity index (χ1v) is 13.9. The van der Waals surface area contributed by atoms with E-state index in [4.69, 9.17) is 23.2 Å². The van der Waals surface area contributed by atoms with Crippen LogP contribution in [0.2, 0.25) is 0 Å². The molecule has 39 heavy (non-hydrogen) atoms. The van der Waals surface area contributed by atoms with Gasteiger partial charge in [-0.3, -0.25) is 29.4 Å². The molecule has 3 fully saturated rings. The van der Waals surface area contributed by atoms with Crippen molar-refractivity contribution in [3.8, 4) is 0 Å². The lowest BCUT2D eigenvalue weighted by atomic mass is 9.85. The first kappa shape index (κ1) is 31.3. The van der Waals surface area contributed by atoms with Gasteiger partial charge in [0.25, 0.3) is 29.0 Å². The molecule has 0 aromatic rings. The van der Waals surface area contributed by atoms with Crippen molar-refractivity contribution < 1.29 is 32.8 Å². The molecule has 220 valence electrons. The maximum absolute atomic E-state index is 13.9. The number of hydrogen-bond donors (Lipinski definition) is 3. The highest BCUT2D eigenvalue weighted by molar-refractivity contribution is 6.30. The fourth-order valence-electron chi connectivity index (χ4n) is 5.96. The number of alkyl halides is 4. The van der Waals surface area contributed by atoms with E-state index >= 15 is 0 Å². The summed E-state index contributed by atoms with van der Waals surface area (Å²) in [7, 11) is 0. The van der Waals surface area contributed by atoms with E-state index in [0.717, 1.165) is 12.8 Å². The number of fused-ring (bicyclic) bond motifs is 1. The second-order valence-electron chi connectivity index (χ2n) is 12.4. The summed E-state index contributed by atoms with van der Waals surface area (Å²) in [4.78, 5) is 65.9. The standard InChI is InChI=1S/C25H37Cl2F2N5O5/c1-24(2,3)16(30-21(37)17(26)28)22(38)33-10-12-7-6-8-14(12)15(33)20(36)32-34(23(39)18(27)29)11-13-9-25(4,5)31-19(13)35/h12-18H,6-11H2,1-5H3,(H,30,37)(H,31,35)(H,32,36)/t12-,13-,14-,15-,16+,17+,18-/m0/s1. The lowest BCUT2D eigenvalue weighted by Gasteiger charge is -2.37. The molecule has 1 aliphatic carbocycles. The highest BCUT2D eigenvalue weighted by atomic mass is 35.5. The molecule has 14 heteroatoms. The summed E-state index contributed by atoms with van der Waals surface area (Å²) in [6.07, 6.45) is 2.59. The minimum absolute atomic E-state index is 0.00418. The molecule has 3 rings (SSSR count). The third-order valence-electron chi connectivity index (χ3n) is 7.73. The van der Waals surface area contributed by atoms with E-state index in [1.807, 2.05) is 0 Å². The second-order valence-corrected chi connectivity index (χ2v) is 13.2. The van der Waals surface area contributed by atoms with Crippen molar-refractivity contribution in [1.82, 2.24) is 26.0 Å². The Labute approximate surface area is 236 Å². The zero-order valence-electron chi connectivity index (χ0n) is 22.7. The Morgan fingerprint density at radius 1 is 1.15 bits per heavy atom. The van der Waals surface area contributed by atoms with Gasteiger partial charge in [0.1, 0.15) is 12.1 Å². The number of hydrogen-bond acceptors (Lipinski definition) is 5. The van der Waals surface area contributed by atoms with Crippen LogP contribution in [-0.2, 0) is 24.0 Å². The van der Waals surface area contributed by atoms with Crippen molar-refractivity contribution in [2.45, 2.75) is 89.2 Å². The lowest BCUT2D eigenvalue weighted by Crippen LogP contribution is -2.61. The van der Waals surface area contributed by atoms with Gasteiger partial charge in [-0.05, 0) is 50.4 Å². The van der Waals surface area contributed by atoms with Crippen LogP contribution in [0.4, 0.5) is 8.78 Å². The van der Waals surface area contributed by atoms with E-state index in [1.165, 1.54) is 4.90 Å². The molecule has 0 bridgehead atoms. The van der Waals surface area contributed by atoms with Gasteiger partial charge < -0.3 is 15.5 Å². The van der Waals surface area contributed by atoms with Crippen LogP contribution in [-0.4, -0.2) is 81.4 Å². The third kappa shape index (κ3) is 7.11. The number of halogens is 4. The smallest absolute Gasteiger partial charge is 0.291 e. The predicted octanol–water partition coefficient (Wildman–Crippen LogP) is 1.99. The van der Waals surface area contributed by atoms with Crippen LogP contribution in [0.3, 0.4) is 0 Å². The molecule has 2 heterocycles. The molecular formula is C25H37Cl2F2N5O5. The Kier molecular flexibility index (Phi) is 9.41. The summed E-state index contributed by atoms with van der Waals surface area (Å²) in [6.45, 7) is 8.56. The molecule has 3 N–H and O–H groups in total. The molecule has 10 nitrogen and oxygen atoms in total. The predicted molar refractivity (Wildman–Crippen MR) is 139 cm³/mol. The molecule has 5 amide bonds. The fraction of sp³-hybridized carbons (Fsp3) is 0.800. The van der Waals surface area contributed by atoms with Gasteiger partial charge in [0, 0.05) is 12.1 Å². The van der Waals surface area contributed by atoms with Gasteiger partial charge in [-0.1, -0.05) is 50.4 Å². The van der Waals surface area contributed by atoms with Gasteiger partial charge in [-0.25, -0.2) is 13.8 Å². The maximum atomic E-state index is 13.9. The van der Waals surface area contributed by atoms with Crippen molar-refractivity contribution in [2.24, 2.45) is 23.2 Å². The van der Waals surface area contributed by atoms with Crippen LogP contribution in [0.15, 0.2) is 0 Å². The Bertz CT molecular complexity index is 1010. The molecule has 0 radical (unpaired) electrons. The van der Waals surface area contributed by atoms with Crippen LogP contribution in [0.5, 0.6) is 0 Å². The molecule has 0 spiro atoms. The van der Waals surface area contributed by atoms with Crippen LogP contribution >= 0.6 is 23.2 Å². The molecule has 0 unspecified atom stereocenters. The maximum Gasteiger partial charge on any atom is 0.291 e. The van der Waals surface area contributed by atoms with E-state index in [1.54, 1.807) is 34.6 Å². The first-order chi connectivity index (χ1) is 17.9. The summed E-state index contributed by atoms with van der Waals surface area (Å²) < 4.78 is 27.4. The van der Waals surface area contributed by atoms with Crippen LogP contribution in [0, 0.1) is 23.2 Å². The summed E-state index contributed by atoms with van der Waals surface area (Å²) >= 11 is 10.7. The highest BCUT2D eigenvalue weighted by Gasteiger charge is 2.52. The zero-order chi connectivity index (χ0) is 29.4. The minimum atomic E-state index is -2.46. The summed E-state index contributed by atoms with van der Waals surface area (Å²) in [5, 5.41) is 5.84. The van der Waals surface area contributed by atoms with E-state index in [-0.39, 0.29) is 30.8 Å². The normalized spacial score (nSPS) is 28.2. The Morgan fingerprint density at radius 3 is 2.31 bits per heavy atom. The highest BCUT2D eigenvalue weighted by Crippen LogP contribution is 2.43. The van der Waals surface area contributed by atoms with Gasteiger partial charge in [0.05, 0.1) is 12.5 Å². The summed E-state index contributed by atoms with van der Waals surface area (Å²) in [5.41, 5.74) is -3.80. The number of likely N-dealkylation sites (tertiary alicyclic amines) is 1. The van der Waals surface area contributed by atoms with Crippen molar-refractivity contribution in [3.05, 3.63) is 0 Å². The van der Waals surface area contributed by atoms with Crippen molar-refractivity contribution in [2.75, 3.05) is 13.1 Å². The summed E-state index contributed by atoms with van der Waals surface area (Å²) in [5.74, 6) is -5.05. The molecule has 7 atom stereocenters. The fourth-order valence-corrected chi connectivity index (χ4v) is 6.14. The van der Waals surface area contributed by atoms with Crippen molar-refractivity contribution in [3.63, 3.8) is 0 Å².